The summed E-state index contributed by atoms with van der Waals surface area (Å²) in [5.41, 5.74) is 0. The van der Waals surface area contributed by atoms with E-state index >= 15 is 0 Å². The van der Waals surface area contributed by atoms with E-state index in [1.807, 2.05) is 13.8 Å². The number of ketones is 1. The molecule has 0 heterocycles. The number of aliphatic hydroxyl groups is 1. The molecular formula is C42H84O4. The molecule has 2 atom stereocenters. The molecule has 0 bridgehead atoms. The molecule has 276 valence electrons. The van der Waals surface area contributed by atoms with Crippen molar-refractivity contribution in [2.24, 2.45) is 11.8 Å². The summed E-state index contributed by atoms with van der Waals surface area (Å²) in [4.78, 5) is 23.1. The van der Waals surface area contributed by atoms with Crippen molar-refractivity contribution in [1.29, 1.82) is 0 Å². The summed E-state index contributed by atoms with van der Waals surface area (Å²) < 4.78 is 5.16. The average Bonchev–Trinajstić information content (AvgIpc) is 3.07. The highest BCUT2D eigenvalue weighted by atomic mass is 16.5. The molecule has 2 unspecified atom stereocenters. The summed E-state index contributed by atoms with van der Waals surface area (Å²) in [6.07, 6.45) is 40.0. The van der Waals surface area contributed by atoms with Gasteiger partial charge in [-0.15, -0.1) is 0 Å². The summed E-state index contributed by atoms with van der Waals surface area (Å²) in [7, 11) is 0. The molecule has 0 radical (unpaired) electrons. The van der Waals surface area contributed by atoms with Gasteiger partial charge in [0.25, 0.3) is 0 Å². The highest BCUT2D eigenvalue weighted by Gasteiger charge is 2.11. The summed E-state index contributed by atoms with van der Waals surface area (Å²) >= 11 is 0. The van der Waals surface area contributed by atoms with Gasteiger partial charge in [0.1, 0.15) is 5.78 Å². The molecule has 0 aliphatic rings. The SMILES string of the molecule is CCC(C)C(=O)CCCCCCCCCCCCCCCCCCCCCCCCO.CCCCCCCCOC(=O)C(C)CC. The number of unbranched alkanes of at least 4 members (excludes halogenated alkanes) is 26. The van der Waals surface area contributed by atoms with Crippen molar-refractivity contribution in [3.8, 4) is 0 Å². The second-order valence-electron chi connectivity index (χ2n) is 14.3. The van der Waals surface area contributed by atoms with E-state index in [1.165, 1.54) is 161 Å². The smallest absolute Gasteiger partial charge is 0.308 e. The molecule has 0 amide bonds. The van der Waals surface area contributed by atoms with Gasteiger partial charge in [-0.3, -0.25) is 9.59 Å². The van der Waals surface area contributed by atoms with E-state index in [-0.39, 0.29) is 17.8 Å². The Labute approximate surface area is 289 Å². The van der Waals surface area contributed by atoms with Crippen LogP contribution in [0.5, 0.6) is 0 Å². The zero-order valence-electron chi connectivity index (χ0n) is 32.2. The molecular weight excluding hydrogens is 568 g/mol. The van der Waals surface area contributed by atoms with E-state index in [0.717, 1.165) is 38.5 Å². The first-order valence-corrected chi connectivity index (χ1v) is 20.7. The van der Waals surface area contributed by atoms with Crippen molar-refractivity contribution < 1.29 is 19.4 Å². The van der Waals surface area contributed by atoms with Gasteiger partial charge in [-0.05, 0) is 32.1 Å². The number of Topliss-reactive ketones (excluding diaryl/α,β-unsaturated/α-hetero) is 1. The number of aliphatic hydroxyl groups excluding tert-OH is 1. The molecule has 0 spiro atoms. The number of carbonyl (C=O) groups excluding carboxylic acids is 2. The molecule has 0 aromatic heterocycles. The van der Waals surface area contributed by atoms with Crippen LogP contribution >= 0.6 is 0 Å². The van der Waals surface area contributed by atoms with Gasteiger partial charge >= 0.3 is 5.97 Å². The predicted octanol–water partition coefficient (Wildman–Crippen LogP) is 13.5. The van der Waals surface area contributed by atoms with E-state index < -0.39 is 0 Å². The van der Waals surface area contributed by atoms with Gasteiger partial charge in [-0.2, -0.15) is 0 Å². The van der Waals surface area contributed by atoms with E-state index in [4.69, 9.17) is 9.84 Å². The van der Waals surface area contributed by atoms with Crippen LogP contribution in [0.25, 0.3) is 0 Å². The Morgan fingerprint density at radius 3 is 1.13 bits per heavy atom. The lowest BCUT2D eigenvalue weighted by atomic mass is 9.98. The van der Waals surface area contributed by atoms with Crippen LogP contribution in [0.1, 0.15) is 234 Å². The fourth-order valence-electron chi connectivity index (χ4n) is 5.78. The zero-order chi connectivity index (χ0) is 34.4. The number of rotatable bonds is 35. The van der Waals surface area contributed by atoms with Gasteiger partial charge in [-0.25, -0.2) is 0 Å². The number of esters is 1. The predicted molar refractivity (Wildman–Crippen MR) is 202 cm³/mol. The Morgan fingerprint density at radius 1 is 0.457 bits per heavy atom. The highest BCUT2D eigenvalue weighted by Crippen LogP contribution is 2.16. The molecule has 0 aliphatic heterocycles. The Hall–Kier alpha value is -0.900. The third kappa shape index (κ3) is 37.6. The van der Waals surface area contributed by atoms with E-state index in [1.54, 1.807) is 0 Å². The topological polar surface area (TPSA) is 63.6 Å². The summed E-state index contributed by atoms with van der Waals surface area (Å²) in [6, 6.07) is 0. The van der Waals surface area contributed by atoms with Crippen LogP contribution in [0.4, 0.5) is 0 Å². The van der Waals surface area contributed by atoms with Crippen LogP contribution in [-0.4, -0.2) is 30.1 Å². The quantitative estimate of drug-likeness (QED) is 0.0546. The minimum absolute atomic E-state index is 0.0361. The molecule has 0 aromatic carbocycles. The van der Waals surface area contributed by atoms with E-state index in [2.05, 4.69) is 20.8 Å². The molecule has 0 rings (SSSR count). The number of hydrogen-bond donors (Lipinski definition) is 1. The second kappa shape index (κ2) is 40.3. The Bertz CT molecular complexity index is 604. The lowest BCUT2D eigenvalue weighted by Gasteiger charge is -2.08. The maximum absolute atomic E-state index is 11.8. The monoisotopic (exact) mass is 653 g/mol. The van der Waals surface area contributed by atoms with Crippen LogP contribution in [0.15, 0.2) is 0 Å². The maximum atomic E-state index is 11.8. The number of carbonyl (C=O) groups is 2. The van der Waals surface area contributed by atoms with Crippen molar-refractivity contribution in [2.45, 2.75) is 234 Å². The Kier molecular flexibility index (Phi) is 41.3. The molecule has 0 aliphatic carbocycles. The van der Waals surface area contributed by atoms with Gasteiger partial charge in [0.2, 0.25) is 0 Å². The molecule has 46 heavy (non-hydrogen) atoms. The fourth-order valence-corrected chi connectivity index (χ4v) is 5.78. The third-order valence-electron chi connectivity index (χ3n) is 9.75. The van der Waals surface area contributed by atoms with Crippen molar-refractivity contribution in [2.75, 3.05) is 13.2 Å². The first-order valence-electron chi connectivity index (χ1n) is 20.7. The summed E-state index contributed by atoms with van der Waals surface area (Å²) in [5, 5.41) is 8.75. The molecule has 1 N–H and O–H groups in total. The summed E-state index contributed by atoms with van der Waals surface area (Å²) in [5.74, 6) is 0.768. The minimum atomic E-state index is -0.0361. The molecule has 0 saturated heterocycles. The minimum Gasteiger partial charge on any atom is -0.465 e. The van der Waals surface area contributed by atoms with Gasteiger partial charge in [0, 0.05) is 18.9 Å². The number of ether oxygens (including phenoxy) is 1. The van der Waals surface area contributed by atoms with Gasteiger partial charge in [-0.1, -0.05) is 195 Å². The standard InChI is InChI=1S/C29H58O2.C13H26O2/c1-3-28(2)29(31)26-24-22-20-18-16-14-12-10-8-6-4-5-7-9-11-13-15-17-19-21-23-25-27-30;1-4-6-7-8-9-10-11-15-13(14)12(3)5-2/h28,30H,3-27H2,1-2H3;12H,4-11H2,1-3H3. The van der Waals surface area contributed by atoms with Crippen LogP contribution in [-0.2, 0) is 14.3 Å². The first kappa shape index (κ1) is 47.2. The Balaban J connectivity index is 0. The summed E-state index contributed by atoms with van der Waals surface area (Å²) in [6.45, 7) is 11.3. The molecule has 0 saturated carbocycles. The van der Waals surface area contributed by atoms with Crippen molar-refractivity contribution in [3.63, 3.8) is 0 Å². The van der Waals surface area contributed by atoms with Crippen molar-refractivity contribution in [1.82, 2.24) is 0 Å². The molecule has 0 fully saturated rings. The van der Waals surface area contributed by atoms with Crippen LogP contribution < -0.4 is 0 Å². The van der Waals surface area contributed by atoms with E-state index in [0.29, 0.717) is 19.0 Å². The maximum Gasteiger partial charge on any atom is 0.308 e. The zero-order valence-corrected chi connectivity index (χ0v) is 32.2. The lowest BCUT2D eigenvalue weighted by Crippen LogP contribution is -2.14. The van der Waals surface area contributed by atoms with Gasteiger partial charge in [0.05, 0.1) is 12.5 Å². The number of hydrogen-bond acceptors (Lipinski definition) is 4. The Morgan fingerprint density at radius 2 is 0.783 bits per heavy atom. The molecule has 0 aromatic rings. The third-order valence-corrected chi connectivity index (χ3v) is 9.75. The second-order valence-corrected chi connectivity index (χ2v) is 14.3. The van der Waals surface area contributed by atoms with Crippen molar-refractivity contribution in [3.05, 3.63) is 0 Å². The molecule has 4 nitrogen and oxygen atoms in total. The lowest BCUT2D eigenvalue weighted by molar-refractivity contribution is -0.148. The largest absolute Gasteiger partial charge is 0.465 e. The van der Waals surface area contributed by atoms with Crippen molar-refractivity contribution >= 4 is 11.8 Å². The average molecular weight is 653 g/mol. The normalized spacial score (nSPS) is 12.4. The van der Waals surface area contributed by atoms with Crippen LogP contribution in [0.2, 0.25) is 0 Å². The van der Waals surface area contributed by atoms with E-state index in [9.17, 15) is 9.59 Å². The molecule has 4 heteroatoms. The fraction of sp³-hybridized carbons (Fsp3) is 0.952. The van der Waals surface area contributed by atoms with Gasteiger partial charge < -0.3 is 9.84 Å². The van der Waals surface area contributed by atoms with Crippen LogP contribution in [0.3, 0.4) is 0 Å². The van der Waals surface area contributed by atoms with Gasteiger partial charge in [0.15, 0.2) is 0 Å². The highest BCUT2D eigenvalue weighted by molar-refractivity contribution is 5.80. The first-order chi connectivity index (χ1) is 22.4. The van der Waals surface area contributed by atoms with Crippen LogP contribution in [0, 0.1) is 11.8 Å².